The molecule has 0 unspecified atom stereocenters. The van der Waals surface area contributed by atoms with Crippen LogP contribution in [-0.4, -0.2) is 4.98 Å². The highest BCUT2D eigenvalue weighted by Gasteiger charge is 2.10. The fourth-order valence-corrected chi connectivity index (χ4v) is 2.79. The van der Waals surface area contributed by atoms with Crippen LogP contribution in [0.3, 0.4) is 0 Å². The molecular formula is C13H7ClFNS. The van der Waals surface area contributed by atoms with Crippen molar-refractivity contribution in [3.05, 3.63) is 53.3 Å². The maximum Gasteiger partial charge on any atom is 0.133 e. The average molecular weight is 264 g/mol. The molecule has 0 N–H and O–H groups in total. The molecule has 84 valence electrons. The van der Waals surface area contributed by atoms with Crippen LogP contribution in [0.5, 0.6) is 0 Å². The highest BCUT2D eigenvalue weighted by Crippen LogP contribution is 2.32. The maximum absolute atomic E-state index is 13.6. The van der Waals surface area contributed by atoms with Gasteiger partial charge in [-0.2, -0.15) is 0 Å². The molecule has 0 saturated carbocycles. The number of fused-ring (bicyclic) bond motifs is 1. The van der Waals surface area contributed by atoms with Gasteiger partial charge in [0.1, 0.15) is 10.8 Å². The Morgan fingerprint density at radius 1 is 1.12 bits per heavy atom. The van der Waals surface area contributed by atoms with E-state index in [9.17, 15) is 4.39 Å². The Morgan fingerprint density at radius 2 is 1.94 bits per heavy atom. The number of benzene rings is 2. The van der Waals surface area contributed by atoms with E-state index in [0.29, 0.717) is 15.6 Å². The van der Waals surface area contributed by atoms with E-state index in [0.717, 1.165) is 10.2 Å². The zero-order chi connectivity index (χ0) is 11.8. The number of rotatable bonds is 1. The molecule has 0 spiro atoms. The minimum absolute atomic E-state index is 0.252. The van der Waals surface area contributed by atoms with E-state index < -0.39 is 0 Å². The van der Waals surface area contributed by atoms with Crippen molar-refractivity contribution in [1.29, 1.82) is 0 Å². The minimum atomic E-state index is -0.252. The average Bonchev–Trinajstić information content (AvgIpc) is 2.72. The Hall–Kier alpha value is -1.45. The van der Waals surface area contributed by atoms with Crippen molar-refractivity contribution in [2.45, 2.75) is 0 Å². The van der Waals surface area contributed by atoms with Crippen molar-refractivity contribution >= 4 is 33.2 Å². The van der Waals surface area contributed by atoms with E-state index in [1.165, 1.54) is 17.4 Å². The minimum Gasteiger partial charge on any atom is -0.236 e. The molecular weight excluding hydrogens is 257 g/mol. The van der Waals surface area contributed by atoms with Gasteiger partial charge in [-0.15, -0.1) is 11.3 Å². The topological polar surface area (TPSA) is 12.9 Å². The van der Waals surface area contributed by atoms with Gasteiger partial charge in [0.25, 0.3) is 0 Å². The van der Waals surface area contributed by atoms with Crippen molar-refractivity contribution in [3.63, 3.8) is 0 Å². The largest absolute Gasteiger partial charge is 0.236 e. The lowest BCUT2D eigenvalue weighted by molar-refractivity contribution is 0.631. The summed E-state index contributed by atoms with van der Waals surface area (Å²) in [7, 11) is 0. The third-order valence-corrected chi connectivity index (χ3v) is 3.76. The molecule has 1 aromatic heterocycles. The molecule has 3 rings (SSSR count). The third-order valence-electron chi connectivity index (χ3n) is 2.45. The summed E-state index contributed by atoms with van der Waals surface area (Å²) in [5.41, 5.74) is 1.34. The van der Waals surface area contributed by atoms with E-state index in [1.807, 2.05) is 12.1 Å². The Labute approximate surface area is 106 Å². The predicted octanol–water partition coefficient (Wildman–Crippen LogP) is 4.76. The molecule has 0 saturated heterocycles. The zero-order valence-corrected chi connectivity index (χ0v) is 10.2. The molecule has 0 bridgehead atoms. The molecule has 0 radical (unpaired) electrons. The van der Waals surface area contributed by atoms with E-state index >= 15 is 0 Å². The van der Waals surface area contributed by atoms with Crippen molar-refractivity contribution in [2.75, 3.05) is 0 Å². The molecule has 0 amide bonds. The number of hydrogen-bond acceptors (Lipinski definition) is 2. The molecule has 1 heterocycles. The lowest BCUT2D eigenvalue weighted by atomic mass is 10.2. The van der Waals surface area contributed by atoms with Gasteiger partial charge >= 0.3 is 0 Å². The summed E-state index contributed by atoms with van der Waals surface area (Å²) in [6, 6.07) is 12.1. The molecule has 17 heavy (non-hydrogen) atoms. The first-order valence-corrected chi connectivity index (χ1v) is 6.24. The van der Waals surface area contributed by atoms with Gasteiger partial charge in [0.05, 0.1) is 10.2 Å². The fourth-order valence-electron chi connectivity index (χ4n) is 1.65. The van der Waals surface area contributed by atoms with Gasteiger partial charge in [-0.3, -0.25) is 0 Å². The van der Waals surface area contributed by atoms with Crippen molar-refractivity contribution in [1.82, 2.24) is 4.98 Å². The summed E-state index contributed by atoms with van der Waals surface area (Å²) in [6.07, 6.45) is 0. The molecule has 0 atom stereocenters. The Morgan fingerprint density at radius 3 is 2.76 bits per heavy atom. The molecule has 4 heteroatoms. The van der Waals surface area contributed by atoms with Gasteiger partial charge in [-0.25, -0.2) is 9.37 Å². The maximum atomic E-state index is 13.6. The normalized spacial score (nSPS) is 10.9. The van der Waals surface area contributed by atoms with Gasteiger partial charge in [0, 0.05) is 10.6 Å². The second-order valence-corrected chi connectivity index (χ2v) is 5.08. The van der Waals surface area contributed by atoms with Crippen LogP contribution in [0.25, 0.3) is 20.8 Å². The van der Waals surface area contributed by atoms with Crippen molar-refractivity contribution < 1.29 is 4.39 Å². The quantitative estimate of drug-likeness (QED) is 0.617. The van der Waals surface area contributed by atoms with E-state index in [-0.39, 0.29) is 5.82 Å². The first kappa shape index (κ1) is 10.7. The van der Waals surface area contributed by atoms with Gasteiger partial charge in [-0.05, 0) is 30.3 Å². The fraction of sp³-hybridized carbons (Fsp3) is 0. The number of nitrogens with zero attached hydrogens (tertiary/aromatic N) is 1. The van der Waals surface area contributed by atoms with Crippen molar-refractivity contribution in [2.24, 2.45) is 0 Å². The molecule has 0 aliphatic carbocycles. The van der Waals surface area contributed by atoms with Crippen LogP contribution in [0.2, 0.25) is 5.02 Å². The summed E-state index contributed by atoms with van der Waals surface area (Å²) in [5, 5.41) is 1.32. The van der Waals surface area contributed by atoms with Crippen LogP contribution in [0.4, 0.5) is 4.39 Å². The van der Waals surface area contributed by atoms with E-state index in [4.69, 9.17) is 11.6 Å². The molecule has 3 aromatic rings. The summed E-state index contributed by atoms with van der Waals surface area (Å²) in [6.45, 7) is 0. The van der Waals surface area contributed by atoms with Crippen LogP contribution in [0.1, 0.15) is 0 Å². The van der Waals surface area contributed by atoms with Gasteiger partial charge in [0.2, 0.25) is 0 Å². The van der Waals surface area contributed by atoms with Gasteiger partial charge in [-0.1, -0.05) is 23.7 Å². The van der Waals surface area contributed by atoms with E-state index in [1.54, 1.807) is 24.3 Å². The molecule has 0 aliphatic rings. The first-order valence-electron chi connectivity index (χ1n) is 5.05. The highest BCUT2D eigenvalue weighted by atomic mass is 35.5. The number of aromatic nitrogens is 1. The summed E-state index contributed by atoms with van der Waals surface area (Å²) < 4.78 is 14.6. The lowest BCUT2D eigenvalue weighted by Gasteiger charge is -1.96. The van der Waals surface area contributed by atoms with Gasteiger partial charge < -0.3 is 0 Å². The van der Waals surface area contributed by atoms with Crippen LogP contribution < -0.4 is 0 Å². The SMILES string of the molecule is Fc1ccccc1-c1nc2cc(Cl)ccc2s1. The van der Waals surface area contributed by atoms with Crippen molar-refractivity contribution in [3.8, 4) is 10.6 Å². The van der Waals surface area contributed by atoms with E-state index in [2.05, 4.69) is 4.98 Å². The molecule has 2 aromatic carbocycles. The molecule has 0 aliphatic heterocycles. The van der Waals surface area contributed by atoms with Crippen LogP contribution in [-0.2, 0) is 0 Å². The third kappa shape index (κ3) is 1.92. The second-order valence-electron chi connectivity index (χ2n) is 3.61. The highest BCUT2D eigenvalue weighted by molar-refractivity contribution is 7.21. The number of thiazole rings is 1. The zero-order valence-electron chi connectivity index (χ0n) is 8.65. The Balaban J connectivity index is 2.22. The first-order chi connectivity index (χ1) is 8.24. The summed E-state index contributed by atoms with van der Waals surface area (Å²) in [5.74, 6) is -0.252. The van der Waals surface area contributed by atoms with Crippen LogP contribution in [0.15, 0.2) is 42.5 Å². The lowest BCUT2D eigenvalue weighted by Crippen LogP contribution is -1.81. The predicted molar refractivity (Wildman–Crippen MR) is 70.0 cm³/mol. The number of halogens is 2. The number of hydrogen-bond donors (Lipinski definition) is 0. The van der Waals surface area contributed by atoms with Crippen LogP contribution in [0, 0.1) is 5.82 Å². The second kappa shape index (κ2) is 4.09. The van der Waals surface area contributed by atoms with Gasteiger partial charge in [0.15, 0.2) is 0 Å². The summed E-state index contributed by atoms with van der Waals surface area (Å²) >= 11 is 7.36. The molecule has 0 fully saturated rings. The monoisotopic (exact) mass is 263 g/mol. The Kier molecular flexibility index (Phi) is 2.57. The molecule has 1 nitrogen and oxygen atoms in total. The standard InChI is InChI=1S/C13H7ClFNS/c14-8-5-6-12-11(7-8)16-13(17-12)9-3-1-2-4-10(9)15/h1-7H. The summed E-state index contributed by atoms with van der Waals surface area (Å²) in [4.78, 5) is 4.40. The smallest absolute Gasteiger partial charge is 0.133 e. The Bertz CT molecular complexity index is 693. The van der Waals surface area contributed by atoms with Crippen LogP contribution >= 0.6 is 22.9 Å².